The second kappa shape index (κ2) is 6.59. The Balaban J connectivity index is 2.26. The number of anilines is 2. The molecule has 1 aromatic heterocycles. The van der Waals surface area contributed by atoms with Crippen molar-refractivity contribution in [3.8, 4) is 0 Å². The van der Waals surface area contributed by atoms with Crippen LogP contribution in [0.25, 0.3) is 0 Å². The van der Waals surface area contributed by atoms with E-state index in [9.17, 15) is 4.79 Å². The number of halogens is 2. The molecular weight excluding hydrogens is 297 g/mol. The quantitative estimate of drug-likeness (QED) is 0.895. The van der Waals surface area contributed by atoms with Crippen LogP contribution in [0.5, 0.6) is 0 Å². The number of hydrogen-bond acceptors (Lipinski definition) is 3. The van der Waals surface area contributed by atoms with Crippen LogP contribution in [0, 0.1) is 0 Å². The molecule has 0 aliphatic heterocycles. The zero-order chi connectivity index (χ0) is 14.5. The summed E-state index contributed by atoms with van der Waals surface area (Å²) in [5.41, 5.74) is 0.917. The molecule has 0 fully saturated rings. The summed E-state index contributed by atoms with van der Waals surface area (Å²) < 4.78 is 0. The van der Waals surface area contributed by atoms with Gasteiger partial charge in [-0.05, 0) is 37.3 Å². The average molecular weight is 310 g/mol. The molecule has 6 heteroatoms. The second-order valence-electron chi connectivity index (χ2n) is 4.01. The molecule has 1 amide bonds. The Bertz CT molecular complexity index is 632. The monoisotopic (exact) mass is 309 g/mol. The number of benzene rings is 1. The SMILES string of the molecule is CCNc1ncccc1C(=O)Nc1cc(Cl)ccc1Cl. The predicted octanol–water partition coefficient (Wildman–Crippen LogP) is 4.07. The molecule has 104 valence electrons. The maximum atomic E-state index is 12.3. The van der Waals surface area contributed by atoms with Crippen LogP contribution in [0.4, 0.5) is 11.5 Å². The molecule has 20 heavy (non-hydrogen) atoms. The molecule has 0 aliphatic carbocycles. The maximum Gasteiger partial charge on any atom is 0.259 e. The highest BCUT2D eigenvalue weighted by atomic mass is 35.5. The Morgan fingerprint density at radius 2 is 2.10 bits per heavy atom. The number of pyridine rings is 1. The summed E-state index contributed by atoms with van der Waals surface area (Å²) >= 11 is 11.9. The third-order valence-corrected chi connectivity index (χ3v) is 3.14. The lowest BCUT2D eigenvalue weighted by Gasteiger charge is -2.11. The third-order valence-electron chi connectivity index (χ3n) is 2.57. The molecule has 4 nitrogen and oxygen atoms in total. The van der Waals surface area contributed by atoms with Crippen molar-refractivity contribution in [3.63, 3.8) is 0 Å². The molecule has 0 radical (unpaired) electrons. The number of hydrogen-bond donors (Lipinski definition) is 2. The molecule has 1 aromatic carbocycles. The van der Waals surface area contributed by atoms with Crippen molar-refractivity contribution in [2.75, 3.05) is 17.2 Å². The predicted molar refractivity (Wildman–Crippen MR) is 82.8 cm³/mol. The van der Waals surface area contributed by atoms with E-state index in [4.69, 9.17) is 23.2 Å². The van der Waals surface area contributed by atoms with E-state index in [1.807, 2.05) is 6.92 Å². The van der Waals surface area contributed by atoms with Crippen molar-refractivity contribution in [2.45, 2.75) is 6.92 Å². The average Bonchev–Trinajstić information content (AvgIpc) is 2.44. The van der Waals surface area contributed by atoms with Gasteiger partial charge in [0, 0.05) is 17.8 Å². The smallest absolute Gasteiger partial charge is 0.259 e. The number of amides is 1. The van der Waals surface area contributed by atoms with Crippen LogP contribution in [0.3, 0.4) is 0 Å². The fourth-order valence-electron chi connectivity index (χ4n) is 1.68. The first-order valence-electron chi connectivity index (χ1n) is 6.07. The number of rotatable bonds is 4. The van der Waals surface area contributed by atoms with Crippen molar-refractivity contribution in [2.24, 2.45) is 0 Å². The molecule has 2 N–H and O–H groups in total. The summed E-state index contributed by atoms with van der Waals surface area (Å²) in [5, 5.41) is 6.70. The van der Waals surface area contributed by atoms with Crippen LogP contribution < -0.4 is 10.6 Å². The van der Waals surface area contributed by atoms with Crippen molar-refractivity contribution in [1.82, 2.24) is 4.98 Å². The number of carbonyl (C=O) groups excluding carboxylic acids is 1. The van der Waals surface area contributed by atoms with Gasteiger partial charge in [-0.25, -0.2) is 4.98 Å². The Kier molecular flexibility index (Phi) is 4.82. The minimum atomic E-state index is -0.293. The van der Waals surface area contributed by atoms with Gasteiger partial charge < -0.3 is 10.6 Å². The molecule has 0 unspecified atom stereocenters. The number of aromatic nitrogens is 1. The highest BCUT2D eigenvalue weighted by Crippen LogP contribution is 2.26. The summed E-state index contributed by atoms with van der Waals surface area (Å²) in [6.45, 7) is 2.61. The van der Waals surface area contributed by atoms with Crippen molar-refractivity contribution in [3.05, 3.63) is 52.1 Å². The van der Waals surface area contributed by atoms with Crippen molar-refractivity contribution < 1.29 is 4.79 Å². The lowest BCUT2D eigenvalue weighted by Crippen LogP contribution is -2.15. The van der Waals surface area contributed by atoms with Crippen LogP contribution in [0.2, 0.25) is 10.0 Å². The molecule has 0 spiro atoms. The van der Waals surface area contributed by atoms with E-state index < -0.39 is 0 Å². The minimum absolute atomic E-state index is 0.293. The molecule has 0 saturated heterocycles. The van der Waals surface area contributed by atoms with E-state index >= 15 is 0 Å². The Morgan fingerprint density at radius 1 is 1.30 bits per heavy atom. The van der Waals surface area contributed by atoms with Gasteiger partial charge in [-0.15, -0.1) is 0 Å². The zero-order valence-corrected chi connectivity index (χ0v) is 12.3. The van der Waals surface area contributed by atoms with Gasteiger partial charge in [0.25, 0.3) is 5.91 Å². The molecule has 2 rings (SSSR count). The van der Waals surface area contributed by atoms with Gasteiger partial charge in [-0.1, -0.05) is 23.2 Å². The normalized spacial score (nSPS) is 10.2. The van der Waals surface area contributed by atoms with Gasteiger partial charge in [0.1, 0.15) is 5.82 Å². The first-order valence-corrected chi connectivity index (χ1v) is 6.82. The largest absolute Gasteiger partial charge is 0.370 e. The number of nitrogens with one attached hydrogen (secondary N) is 2. The van der Waals surface area contributed by atoms with E-state index in [1.54, 1.807) is 36.5 Å². The van der Waals surface area contributed by atoms with Crippen molar-refractivity contribution in [1.29, 1.82) is 0 Å². The first kappa shape index (κ1) is 14.6. The van der Waals surface area contributed by atoms with Gasteiger partial charge in [0.2, 0.25) is 0 Å². The highest BCUT2D eigenvalue weighted by Gasteiger charge is 2.13. The Morgan fingerprint density at radius 3 is 2.85 bits per heavy atom. The molecule has 0 saturated carbocycles. The summed E-state index contributed by atoms with van der Waals surface area (Å²) in [5.74, 6) is 0.240. The Labute approximate surface area is 127 Å². The molecule has 0 aliphatic rings. The van der Waals surface area contributed by atoms with Crippen LogP contribution in [-0.2, 0) is 0 Å². The molecule has 0 bridgehead atoms. The molecule has 0 atom stereocenters. The van der Waals surface area contributed by atoms with Crippen molar-refractivity contribution >= 4 is 40.6 Å². The topological polar surface area (TPSA) is 54.0 Å². The summed E-state index contributed by atoms with van der Waals surface area (Å²) in [6, 6.07) is 8.29. The third kappa shape index (κ3) is 3.40. The van der Waals surface area contributed by atoms with Gasteiger partial charge >= 0.3 is 0 Å². The summed E-state index contributed by atoms with van der Waals surface area (Å²) in [7, 11) is 0. The summed E-state index contributed by atoms with van der Waals surface area (Å²) in [4.78, 5) is 16.4. The lowest BCUT2D eigenvalue weighted by molar-refractivity contribution is 0.102. The van der Waals surface area contributed by atoms with E-state index in [2.05, 4.69) is 15.6 Å². The van der Waals surface area contributed by atoms with Gasteiger partial charge in [0.05, 0.1) is 16.3 Å². The zero-order valence-electron chi connectivity index (χ0n) is 10.8. The van der Waals surface area contributed by atoms with E-state index in [-0.39, 0.29) is 5.91 Å². The van der Waals surface area contributed by atoms with E-state index in [0.717, 1.165) is 0 Å². The van der Waals surface area contributed by atoms with Crippen LogP contribution >= 0.6 is 23.2 Å². The van der Waals surface area contributed by atoms with E-state index in [1.165, 1.54) is 0 Å². The molecule has 1 heterocycles. The first-order chi connectivity index (χ1) is 9.61. The van der Waals surface area contributed by atoms with Crippen LogP contribution in [0.1, 0.15) is 17.3 Å². The number of carbonyl (C=O) groups is 1. The highest BCUT2D eigenvalue weighted by molar-refractivity contribution is 6.36. The Hall–Kier alpha value is -1.78. The standard InChI is InChI=1S/C14H13Cl2N3O/c1-2-17-13-10(4-3-7-18-13)14(20)19-12-8-9(15)5-6-11(12)16/h3-8H,2H2,1H3,(H,17,18)(H,19,20). The van der Waals surface area contributed by atoms with Gasteiger partial charge in [0.15, 0.2) is 0 Å². The minimum Gasteiger partial charge on any atom is -0.370 e. The summed E-state index contributed by atoms with van der Waals surface area (Å²) in [6.07, 6.45) is 1.63. The fourth-order valence-corrected chi connectivity index (χ4v) is 2.02. The molecule has 2 aromatic rings. The van der Waals surface area contributed by atoms with Crippen LogP contribution in [0.15, 0.2) is 36.5 Å². The fraction of sp³-hybridized carbons (Fsp3) is 0.143. The van der Waals surface area contributed by atoms with Gasteiger partial charge in [-0.2, -0.15) is 0 Å². The number of nitrogens with zero attached hydrogens (tertiary/aromatic N) is 1. The molecular formula is C14H13Cl2N3O. The maximum absolute atomic E-state index is 12.3. The van der Waals surface area contributed by atoms with E-state index in [0.29, 0.717) is 33.7 Å². The lowest BCUT2D eigenvalue weighted by atomic mass is 10.2. The van der Waals surface area contributed by atoms with Gasteiger partial charge in [-0.3, -0.25) is 4.79 Å². The van der Waals surface area contributed by atoms with Crippen LogP contribution in [-0.4, -0.2) is 17.4 Å². The second-order valence-corrected chi connectivity index (χ2v) is 4.85.